The zero-order valence-electron chi connectivity index (χ0n) is 17.9. The molecule has 0 saturated heterocycles. The first-order valence-corrected chi connectivity index (χ1v) is 11.8. The highest BCUT2D eigenvalue weighted by molar-refractivity contribution is 7.82. The number of benzene rings is 2. The van der Waals surface area contributed by atoms with Crippen LogP contribution in [0.25, 0.3) is 0 Å². The molecule has 1 unspecified atom stereocenters. The van der Waals surface area contributed by atoms with E-state index in [1.165, 1.54) is 0 Å². The number of aliphatic imine (C=N–C) groups is 1. The van der Waals surface area contributed by atoms with E-state index >= 15 is 0 Å². The van der Waals surface area contributed by atoms with Crippen LogP contribution in [0.3, 0.4) is 0 Å². The number of hydrogen-bond donors (Lipinski definition) is 4. The lowest BCUT2D eigenvalue weighted by atomic mass is 9.87. The summed E-state index contributed by atoms with van der Waals surface area (Å²) in [7, 11) is -3.98. The van der Waals surface area contributed by atoms with Gasteiger partial charge in [-0.25, -0.2) is 14.8 Å². The maximum absolute atomic E-state index is 11.6. The van der Waals surface area contributed by atoms with Gasteiger partial charge in [0.2, 0.25) is 5.45 Å². The molecular weight excluding hydrogens is 417 g/mol. The van der Waals surface area contributed by atoms with Gasteiger partial charge in [0.05, 0.1) is 11.6 Å². The maximum Gasteiger partial charge on any atom is 0.320 e. The minimum absolute atomic E-state index is 0.0122. The van der Waals surface area contributed by atoms with Gasteiger partial charge in [-0.3, -0.25) is 9.59 Å². The van der Waals surface area contributed by atoms with Crippen molar-refractivity contribution in [2.45, 2.75) is 39.0 Å². The van der Waals surface area contributed by atoms with Crippen molar-refractivity contribution >= 4 is 30.8 Å². The van der Waals surface area contributed by atoms with Crippen molar-refractivity contribution in [1.82, 2.24) is 0 Å². The second-order valence-corrected chi connectivity index (χ2v) is 10.7. The van der Waals surface area contributed by atoms with Crippen molar-refractivity contribution in [3.05, 3.63) is 65.7 Å². The number of carboxylic acids is 2. The third kappa shape index (κ3) is 7.24. The molecule has 0 bridgehead atoms. The summed E-state index contributed by atoms with van der Waals surface area (Å²) in [6, 6.07) is 16.0. The van der Waals surface area contributed by atoms with Gasteiger partial charge in [-0.1, -0.05) is 51.1 Å². The number of hydrogen-bond acceptors (Lipinski definition) is 5. The second-order valence-electron chi connectivity index (χ2n) is 8.48. The van der Waals surface area contributed by atoms with Crippen LogP contribution in [0.15, 0.2) is 59.6 Å². The lowest BCUT2D eigenvalue weighted by molar-refractivity contribution is -0.142. The lowest BCUT2D eigenvalue weighted by Crippen LogP contribution is -2.24. The predicted octanol–water partition coefficient (Wildman–Crippen LogP) is 4.46. The van der Waals surface area contributed by atoms with E-state index in [0.717, 1.165) is 5.56 Å². The molecule has 31 heavy (non-hydrogen) atoms. The smallest absolute Gasteiger partial charge is 0.320 e. The zero-order valence-corrected chi connectivity index (χ0v) is 18.8. The van der Waals surface area contributed by atoms with Crippen LogP contribution < -0.4 is 0 Å². The number of nitrogens with zero attached hydrogens (tertiary/aromatic N) is 1. The fraction of sp³-hybridized carbons (Fsp3) is 0.348. The van der Waals surface area contributed by atoms with E-state index in [0.29, 0.717) is 11.3 Å². The standard InChI is InChI=1S/C23H28NO6P/c1-23(2,3)18-10-12-19(13-11-18)24-21(16-7-5-4-6-8-16)31(29,30)15-17(22(27)28)9-14-20(25)26/h4-8,10-13,17,29-30H,9,14-15H2,1-3H3,(H-,25,26,27,28)/p+1. The van der Waals surface area contributed by atoms with E-state index in [2.05, 4.69) is 25.8 Å². The van der Waals surface area contributed by atoms with Crippen molar-refractivity contribution in [2.75, 3.05) is 6.16 Å². The molecule has 0 aliphatic carbocycles. The third-order valence-electron chi connectivity index (χ3n) is 4.87. The Morgan fingerprint density at radius 1 is 0.968 bits per heavy atom. The maximum atomic E-state index is 11.6. The Kier molecular flexibility index (Phi) is 8.07. The molecule has 0 heterocycles. The summed E-state index contributed by atoms with van der Waals surface area (Å²) in [5.41, 5.74) is 2.05. The van der Waals surface area contributed by atoms with Crippen LogP contribution in [0.2, 0.25) is 0 Å². The Morgan fingerprint density at radius 3 is 2.03 bits per heavy atom. The van der Waals surface area contributed by atoms with Gasteiger partial charge in [-0.15, -0.1) is 0 Å². The molecule has 0 aliphatic rings. The van der Waals surface area contributed by atoms with Gasteiger partial charge in [0.1, 0.15) is 6.16 Å². The Bertz CT molecular complexity index is 933. The van der Waals surface area contributed by atoms with E-state index in [9.17, 15) is 24.5 Å². The highest BCUT2D eigenvalue weighted by Gasteiger charge is 2.46. The molecule has 7 nitrogen and oxygen atoms in total. The van der Waals surface area contributed by atoms with Gasteiger partial charge in [-0.05, 0) is 41.7 Å². The quantitative estimate of drug-likeness (QED) is 0.333. The summed E-state index contributed by atoms with van der Waals surface area (Å²) < 4.78 is 0. The van der Waals surface area contributed by atoms with Crippen LogP contribution in [0, 0.1) is 5.92 Å². The summed E-state index contributed by atoms with van der Waals surface area (Å²) in [5, 5.41) is 18.3. The van der Waals surface area contributed by atoms with Crippen LogP contribution in [0.4, 0.5) is 5.69 Å². The van der Waals surface area contributed by atoms with Gasteiger partial charge in [0.15, 0.2) is 0 Å². The summed E-state index contributed by atoms with van der Waals surface area (Å²) in [6.45, 7) is 6.26. The van der Waals surface area contributed by atoms with E-state index in [1.807, 2.05) is 12.1 Å². The molecule has 4 N–H and O–H groups in total. The number of carboxylic acid groups (broad SMARTS) is 2. The van der Waals surface area contributed by atoms with E-state index in [1.54, 1.807) is 42.5 Å². The van der Waals surface area contributed by atoms with E-state index in [4.69, 9.17) is 5.11 Å². The van der Waals surface area contributed by atoms with E-state index < -0.39 is 31.7 Å². The molecule has 2 aromatic rings. The highest BCUT2D eigenvalue weighted by Crippen LogP contribution is 2.56. The monoisotopic (exact) mass is 446 g/mol. The average molecular weight is 446 g/mol. The molecule has 0 radical (unpaired) electrons. The molecule has 0 amide bonds. The van der Waals surface area contributed by atoms with Crippen LogP contribution in [-0.2, 0) is 15.0 Å². The Labute approximate surface area is 182 Å². The summed E-state index contributed by atoms with van der Waals surface area (Å²) in [5.74, 6) is -3.62. The molecule has 0 spiro atoms. The van der Waals surface area contributed by atoms with Crippen molar-refractivity contribution in [3.8, 4) is 0 Å². The van der Waals surface area contributed by atoms with Gasteiger partial charge in [0, 0.05) is 12.0 Å². The average Bonchev–Trinajstić information content (AvgIpc) is 2.69. The predicted molar refractivity (Wildman–Crippen MR) is 122 cm³/mol. The van der Waals surface area contributed by atoms with Crippen molar-refractivity contribution < 1.29 is 29.6 Å². The molecule has 0 aromatic heterocycles. The van der Waals surface area contributed by atoms with Crippen molar-refractivity contribution in [3.63, 3.8) is 0 Å². The molecule has 0 fully saturated rings. The van der Waals surface area contributed by atoms with Gasteiger partial charge in [0.25, 0.3) is 0 Å². The molecule has 1 atom stereocenters. The molecule has 8 heteroatoms. The SMILES string of the molecule is CC(C)(C)c1ccc(N=C(c2ccccc2)[P+](O)(O)CC(CCC(=O)O)C(=O)O)cc1. The summed E-state index contributed by atoms with van der Waals surface area (Å²) in [6.07, 6.45) is -1.05. The second kappa shape index (κ2) is 10.1. The number of rotatable bonds is 9. The number of aliphatic carboxylic acids is 2. The first kappa shape index (κ1) is 24.7. The topological polar surface area (TPSA) is 127 Å². The number of carbonyl (C=O) groups is 2. The molecule has 2 rings (SSSR count). The van der Waals surface area contributed by atoms with Gasteiger partial charge >= 0.3 is 19.7 Å². The minimum Gasteiger partial charge on any atom is -0.481 e. The van der Waals surface area contributed by atoms with E-state index in [-0.39, 0.29) is 23.7 Å². The largest absolute Gasteiger partial charge is 0.481 e. The molecular formula is C23H29NO6P+. The Hall–Kier alpha value is -2.60. The lowest BCUT2D eigenvalue weighted by Gasteiger charge is -2.20. The van der Waals surface area contributed by atoms with Crippen LogP contribution >= 0.6 is 7.72 Å². The van der Waals surface area contributed by atoms with Gasteiger partial charge in [-0.2, -0.15) is 0 Å². The fourth-order valence-electron chi connectivity index (χ4n) is 3.08. The first-order valence-electron chi connectivity index (χ1n) is 9.93. The molecule has 0 aliphatic heterocycles. The fourth-order valence-corrected chi connectivity index (χ4v) is 5.05. The van der Waals surface area contributed by atoms with Crippen LogP contribution in [0.1, 0.15) is 44.7 Å². The highest BCUT2D eigenvalue weighted by atomic mass is 31.2. The Morgan fingerprint density at radius 2 is 1.55 bits per heavy atom. The van der Waals surface area contributed by atoms with Crippen LogP contribution in [0.5, 0.6) is 0 Å². The zero-order chi connectivity index (χ0) is 23.2. The van der Waals surface area contributed by atoms with Crippen molar-refractivity contribution in [2.24, 2.45) is 10.9 Å². The summed E-state index contributed by atoms with van der Waals surface area (Å²) in [4.78, 5) is 48.9. The van der Waals surface area contributed by atoms with Crippen LogP contribution in [-0.4, -0.2) is 43.6 Å². The normalized spacial score (nSPS) is 13.6. The molecule has 2 aromatic carbocycles. The molecule has 0 saturated carbocycles. The first-order chi connectivity index (χ1) is 14.4. The minimum atomic E-state index is -3.98. The van der Waals surface area contributed by atoms with Crippen molar-refractivity contribution in [1.29, 1.82) is 0 Å². The Balaban J connectivity index is 2.44. The third-order valence-corrected chi connectivity index (χ3v) is 6.86. The van der Waals surface area contributed by atoms with Gasteiger partial charge < -0.3 is 10.2 Å². The molecule has 166 valence electrons. The summed E-state index contributed by atoms with van der Waals surface area (Å²) >= 11 is 0.